The van der Waals surface area contributed by atoms with Crippen molar-refractivity contribution in [2.24, 2.45) is 0 Å². The summed E-state index contributed by atoms with van der Waals surface area (Å²) in [6, 6.07) is 14.8. The Balaban J connectivity index is 1.58. The Bertz CT molecular complexity index is 1310. The van der Waals surface area contributed by atoms with Crippen LogP contribution in [-0.4, -0.2) is 28.4 Å². The number of nitrogens with zero attached hydrogens (tertiary/aromatic N) is 1. The predicted octanol–water partition coefficient (Wildman–Crippen LogP) is 6.01. The molecule has 0 radical (unpaired) electrons. The lowest BCUT2D eigenvalue weighted by Crippen LogP contribution is -2.32. The van der Waals surface area contributed by atoms with Crippen LogP contribution in [0.25, 0.3) is 11.1 Å². The average Bonchev–Trinajstić information content (AvgIpc) is 3.06. The Morgan fingerprint density at radius 2 is 1.53 bits per heavy atom. The minimum Gasteiger partial charge on any atom is -0.444 e. The van der Waals surface area contributed by atoms with Gasteiger partial charge in [0.2, 0.25) is 0 Å². The van der Waals surface area contributed by atoms with Crippen molar-refractivity contribution in [3.63, 3.8) is 0 Å². The molecule has 8 heteroatoms. The molecule has 3 amide bonds. The van der Waals surface area contributed by atoms with Crippen molar-refractivity contribution in [1.29, 1.82) is 0 Å². The molecule has 0 saturated carbocycles. The van der Waals surface area contributed by atoms with Crippen LogP contribution in [0, 0.1) is 11.6 Å². The number of fused-ring (bicyclic) bond motifs is 1. The molecule has 1 aliphatic rings. The van der Waals surface area contributed by atoms with Crippen LogP contribution in [0.3, 0.4) is 0 Å². The number of benzene rings is 3. The van der Waals surface area contributed by atoms with Gasteiger partial charge in [-0.05, 0) is 62.6 Å². The third-order valence-corrected chi connectivity index (χ3v) is 5.89. The maximum atomic E-state index is 14.7. The van der Waals surface area contributed by atoms with Crippen LogP contribution in [0.2, 0.25) is 0 Å². The number of alkyl carbamates (subject to hydrolysis) is 1. The van der Waals surface area contributed by atoms with E-state index >= 15 is 0 Å². The molecule has 0 unspecified atom stereocenters. The van der Waals surface area contributed by atoms with Crippen molar-refractivity contribution >= 4 is 17.9 Å². The summed E-state index contributed by atoms with van der Waals surface area (Å²) < 4.78 is 34.0. The van der Waals surface area contributed by atoms with E-state index in [1.54, 1.807) is 76.2 Å². The van der Waals surface area contributed by atoms with Gasteiger partial charge in [0.1, 0.15) is 17.2 Å². The summed E-state index contributed by atoms with van der Waals surface area (Å²) in [4.78, 5) is 38.9. The van der Waals surface area contributed by atoms with Gasteiger partial charge in [-0.2, -0.15) is 0 Å². The van der Waals surface area contributed by atoms with Crippen LogP contribution in [-0.2, 0) is 11.3 Å². The van der Waals surface area contributed by atoms with Crippen molar-refractivity contribution in [3.8, 4) is 11.1 Å². The first-order valence-corrected chi connectivity index (χ1v) is 11.5. The summed E-state index contributed by atoms with van der Waals surface area (Å²) in [7, 11) is 0. The van der Waals surface area contributed by atoms with E-state index in [4.69, 9.17) is 4.74 Å². The highest BCUT2D eigenvalue weighted by molar-refractivity contribution is 6.21. The molecular formula is C28H26F2N2O4. The van der Waals surface area contributed by atoms with E-state index in [0.717, 1.165) is 6.07 Å². The number of amides is 3. The fraction of sp³-hybridized carbons (Fsp3) is 0.250. The van der Waals surface area contributed by atoms with Gasteiger partial charge in [0.15, 0.2) is 0 Å². The van der Waals surface area contributed by atoms with Gasteiger partial charge in [-0.3, -0.25) is 14.5 Å². The Hall–Kier alpha value is -4.07. The van der Waals surface area contributed by atoms with Crippen molar-refractivity contribution in [3.05, 3.63) is 94.6 Å². The molecule has 0 saturated heterocycles. The molecule has 1 atom stereocenters. The standard InChI is InChI=1S/C28H26F2N2O4/c1-16(32-25(33)20-7-5-6-8-21(20)26(32)34)17-9-11-18(12-10-17)22-13-19(29)14-24(30)23(22)15-31-27(35)36-28(2,3)4/h5-14,16H,15H2,1-4H3,(H,31,35)/t16-/m1/s1. The first kappa shape index (κ1) is 25.0. The second-order valence-electron chi connectivity index (χ2n) is 9.59. The average molecular weight is 493 g/mol. The largest absolute Gasteiger partial charge is 0.444 e. The number of carbonyl (C=O) groups is 3. The fourth-order valence-electron chi connectivity index (χ4n) is 4.17. The lowest BCUT2D eigenvalue weighted by molar-refractivity contribution is 0.0521. The number of halogens is 2. The van der Waals surface area contributed by atoms with Gasteiger partial charge in [-0.25, -0.2) is 13.6 Å². The van der Waals surface area contributed by atoms with Crippen LogP contribution in [0.1, 0.15) is 65.6 Å². The second kappa shape index (κ2) is 9.53. The molecule has 0 aromatic heterocycles. The van der Waals surface area contributed by atoms with E-state index in [-0.39, 0.29) is 29.5 Å². The Morgan fingerprint density at radius 3 is 2.08 bits per heavy atom. The highest BCUT2D eigenvalue weighted by Gasteiger charge is 2.38. The molecular weight excluding hydrogens is 466 g/mol. The molecule has 1 aliphatic heterocycles. The quantitative estimate of drug-likeness (QED) is 0.443. The Kier molecular flexibility index (Phi) is 6.63. The van der Waals surface area contributed by atoms with Crippen molar-refractivity contribution in [1.82, 2.24) is 10.2 Å². The summed E-state index contributed by atoms with van der Waals surface area (Å²) in [5.41, 5.74) is 1.56. The first-order valence-electron chi connectivity index (χ1n) is 11.5. The van der Waals surface area contributed by atoms with Gasteiger partial charge in [0, 0.05) is 18.2 Å². The lowest BCUT2D eigenvalue weighted by Gasteiger charge is -2.23. The van der Waals surface area contributed by atoms with Gasteiger partial charge < -0.3 is 10.1 Å². The zero-order valence-electron chi connectivity index (χ0n) is 20.4. The molecule has 0 spiro atoms. The molecule has 3 aromatic carbocycles. The summed E-state index contributed by atoms with van der Waals surface area (Å²) >= 11 is 0. The molecule has 4 rings (SSSR count). The number of rotatable bonds is 5. The Labute approximate surface area is 207 Å². The number of nitrogens with one attached hydrogen (secondary N) is 1. The molecule has 0 bridgehead atoms. The first-order chi connectivity index (χ1) is 17.0. The lowest BCUT2D eigenvalue weighted by atomic mass is 9.96. The third-order valence-electron chi connectivity index (χ3n) is 5.89. The normalized spacial score (nSPS) is 14.0. The van der Waals surface area contributed by atoms with Gasteiger partial charge in [0.25, 0.3) is 11.8 Å². The topological polar surface area (TPSA) is 75.7 Å². The number of hydrogen-bond donors (Lipinski definition) is 1. The molecule has 0 aliphatic carbocycles. The summed E-state index contributed by atoms with van der Waals surface area (Å²) in [6.07, 6.45) is -0.720. The highest BCUT2D eigenvalue weighted by atomic mass is 19.1. The number of ether oxygens (including phenoxy) is 1. The molecule has 36 heavy (non-hydrogen) atoms. The predicted molar refractivity (Wildman–Crippen MR) is 130 cm³/mol. The third kappa shape index (κ3) is 4.98. The van der Waals surface area contributed by atoms with E-state index in [2.05, 4.69) is 5.32 Å². The van der Waals surface area contributed by atoms with E-state index in [0.29, 0.717) is 22.3 Å². The smallest absolute Gasteiger partial charge is 0.407 e. The van der Waals surface area contributed by atoms with E-state index in [9.17, 15) is 23.2 Å². The molecule has 1 heterocycles. The van der Waals surface area contributed by atoms with Crippen molar-refractivity contribution in [2.75, 3.05) is 0 Å². The maximum absolute atomic E-state index is 14.7. The van der Waals surface area contributed by atoms with E-state index < -0.39 is 29.4 Å². The van der Waals surface area contributed by atoms with Crippen molar-refractivity contribution < 1.29 is 27.9 Å². The van der Waals surface area contributed by atoms with E-state index in [1.807, 2.05) is 0 Å². The minimum absolute atomic E-state index is 0.100. The fourth-order valence-corrected chi connectivity index (χ4v) is 4.17. The molecule has 1 N–H and O–H groups in total. The van der Waals surface area contributed by atoms with Crippen LogP contribution >= 0.6 is 0 Å². The monoisotopic (exact) mass is 492 g/mol. The van der Waals surface area contributed by atoms with Gasteiger partial charge in [-0.1, -0.05) is 36.4 Å². The van der Waals surface area contributed by atoms with Gasteiger partial charge in [0.05, 0.1) is 17.2 Å². The summed E-state index contributed by atoms with van der Waals surface area (Å²) in [5.74, 6) is -2.29. The zero-order valence-corrected chi connectivity index (χ0v) is 20.4. The second-order valence-corrected chi connectivity index (χ2v) is 9.59. The Morgan fingerprint density at radius 1 is 0.944 bits per heavy atom. The van der Waals surface area contributed by atoms with E-state index in [1.165, 1.54) is 11.0 Å². The molecule has 6 nitrogen and oxygen atoms in total. The van der Waals surface area contributed by atoms with Crippen LogP contribution in [0.5, 0.6) is 0 Å². The molecule has 3 aromatic rings. The van der Waals surface area contributed by atoms with Crippen LogP contribution in [0.4, 0.5) is 13.6 Å². The number of imide groups is 1. The zero-order chi connectivity index (χ0) is 26.2. The van der Waals surface area contributed by atoms with Gasteiger partial charge >= 0.3 is 6.09 Å². The van der Waals surface area contributed by atoms with Crippen LogP contribution in [0.15, 0.2) is 60.7 Å². The number of carbonyl (C=O) groups excluding carboxylic acids is 3. The maximum Gasteiger partial charge on any atom is 0.407 e. The van der Waals surface area contributed by atoms with Crippen LogP contribution < -0.4 is 5.32 Å². The molecule has 0 fully saturated rings. The SMILES string of the molecule is C[C@H](c1ccc(-c2cc(F)cc(F)c2CNC(=O)OC(C)(C)C)cc1)N1C(=O)c2ccccc2C1=O. The van der Waals surface area contributed by atoms with Gasteiger partial charge in [-0.15, -0.1) is 0 Å². The summed E-state index contributed by atoms with van der Waals surface area (Å²) in [6.45, 7) is 6.67. The molecule has 186 valence electrons. The minimum atomic E-state index is -0.801. The number of hydrogen-bond acceptors (Lipinski definition) is 4. The highest BCUT2D eigenvalue weighted by Crippen LogP contribution is 2.33. The van der Waals surface area contributed by atoms with Crippen molar-refractivity contribution in [2.45, 2.75) is 45.9 Å². The summed E-state index contributed by atoms with van der Waals surface area (Å²) in [5, 5.41) is 2.51.